The lowest BCUT2D eigenvalue weighted by Crippen LogP contribution is -2.51. The van der Waals surface area contributed by atoms with Gasteiger partial charge in [-0.2, -0.15) is 0 Å². The standard InChI is InChI=1S/C35H41FN4O5S/c1-6-7-12-32(41)40(33(23(2)3)35(42)37-21-26-15-19-29(36)20-16-26)22-27-13-17-28(18-14-27)30-10-8-9-11-31(30)46(43,44)39-34-24(4)25(5)45-38-34/h8-11,13-20,23,33H,6-7,12,21-22H2,1-5H3,(H,37,42)(H,38,39)/t33-/m0/s1. The Labute approximate surface area is 270 Å². The minimum absolute atomic E-state index is 0.0804. The summed E-state index contributed by atoms with van der Waals surface area (Å²) in [5.74, 6) is -0.287. The predicted molar refractivity (Wildman–Crippen MR) is 176 cm³/mol. The van der Waals surface area contributed by atoms with Gasteiger partial charge in [0.2, 0.25) is 11.8 Å². The number of nitrogens with zero attached hydrogens (tertiary/aromatic N) is 2. The number of anilines is 1. The Hall–Kier alpha value is -4.51. The number of hydrogen-bond acceptors (Lipinski definition) is 6. The smallest absolute Gasteiger partial charge is 0.263 e. The number of carbonyl (C=O) groups is 2. The Morgan fingerprint density at radius 2 is 1.61 bits per heavy atom. The highest BCUT2D eigenvalue weighted by molar-refractivity contribution is 7.92. The van der Waals surface area contributed by atoms with Gasteiger partial charge in [-0.25, -0.2) is 12.8 Å². The summed E-state index contributed by atoms with van der Waals surface area (Å²) in [4.78, 5) is 28.7. The van der Waals surface area contributed by atoms with Crippen molar-refractivity contribution in [3.05, 3.63) is 101 Å². The maximum absolute atomic E-state index is 13.5. The molecule has 0 aliphatic carbocycles. The van der Waals surface area contributed by atoms with E-state index in [-0.39, 0.29) is 47.4 Å². The van der Waals surface area contributed by atoms with Crippen LogP contribution in [-0.4, -0.2) is 36.3 Å². The first kappa shape index (κ1) is 34.4. The van der Waals surface area contributed by atoms with Crippen molar-refractivity contribution >= 4 is 27.7 Å². The van der Waals surface area contributed by atoms with Crippen LogP contribution in [0.25, 0.3) is 11.1 Å². The van der Waals surface area contributed by atoms with E-state index in [2.05, 4.69) is 15.2 Å². The van der Waals surface area contributed by atoms with E-state index in [0.29, 0.717) is 35.3 Å². The summed E-state index contributed by atoms with van der Waals surface area (Å²) in [6.45, 7) is 9.65. The molecule has 0 fully saturated rings. The summed E-state index contributed by atoms with van der Waals surface area (Å²) in [6, 6.07) is 19.1. The molecular formula is C35H41FN4O5S. The molecule has 46 heavy (non-hydrogen) atoms. The molecule has 1 aromatic heterocycles. The fourth-order valence-corrected chi connectivity index (χ4v) is 6.42. The molecule has 4 rings (SSSR count). The van der Waals surface area contributed by atoms with E-state index in [1.54, 1.807) is 49.1 Å². The van der Waals surface area contributed by atoms with Crippen LogP contribution in [0.4, 0.5) is 10.2 Å². The highest BCUT2D eigenvalue weighted by atomic mass is 32.2. The molecule has 0 saturated carbocycles. The normalized spacial score (nSPS) is 12.2. The third-order valence-electron chi connectivity index (χ3n) is 7.86. The minimum Gasteiger partial charge on any atom is -0.359 e. The number of unbranched alkanes of at least 4 members (excludes halogenated alkanes) is 1. The van der Waals surface area contributed by atoms with Crippen LogP contribution in [0.5, 0.6) is 0 Å². The monoisotopic (exact) mass is 648 g/mol. The van der Waals surface area contributed by atoms with E-state index in [1.165, 1.54) is 18.2 Å². The SMILES string of the molecule is CCCCC(=O)N(Cc1ccc(-c2ccccc2S(=O)(=O)Nc2noc(C)c2C)cc1)[C@H](C(=O)NCc1ccc(F)cc1)C(C)C. The molecule has 0 saturated heterocycles. The van der Waals surface area contributed by atoms with Gasteiger partial charge >= 0.3 is 0 Å². The van der Waals surface area contributed by atoms with Gasteiger partial charge in [0.1, 0.15) is 17.6 Å². The van der Waals surface area contributed by atoms with Gasteiger partial charge in [-0.3, -0.25) is 14.3 Å². The second kappa shape index (κ2) is 15.2. The van der Waals surface area contributed by atoms with Crippen LogP contribution in [0.2, 0.25) is 0 Å². The van der Waals surface area contributed by atoms with Gasteiger partial charge in [0.25, 0.3) is 10.0 Å². The summed E-state index contributed by atoms with van der Waals surface area (Å²) < 4.78 is 47.8. The molecule has 0 radical (unpaired) electrons. The van der Waals surface area contributed by atoms with E-state index in [4.69, 9.17) is 4.52 Å². The highest BCUT2D eigenvalue weighted by Gasteiger charge is 2.32. The van der Waals surface area contributed by atoms with Crippen molar-refractivity contribution in [2.75, 3.05) is 4.72 Å². The van der Waals surface area contributed by atoms with Crippen molar-refractivity contribution in [3.63, 3.8) is 0 Å². The van der Waals surface area contributed by atoms with Crippen molar-refractivity contribution in [2.45, 2.75) is 77.9 Å². The second-order valence-corrected chi connectivity index (χ2v) is 13.3. The van der Waals surface area contributed by atoms with Crippen LogP contribution < -0.4 is 10.0 Å². The van der Waals surface area contributed by atoms with E-state index >= 15 is 0 Å². The van der Waals surface area contributed by atoms with E-state index in [9.17, 15) is 22.4 Å². The third kappa shape index (κ3) is 8.39. The quantitative estimate of drug-likeness (QED) is 0.156. The number of hydrogen-bond donors (Lipinski definition) is 2. The molecule has 0 spiro atoms. The van der Waals surface area contributed by atoms with Gasteiger partial charge in [0.05, 0.1) is 4.90 Å². The summed E-state index contributed by atoms with van der Waals surface area (Å²) >= 11 is 0. The third-order valence-corrected chi connectivity index (χ3v) is 9.26. The number of amides is 2. The van der Waals surface area contributed by atoms with Crippen molar-refractivity contribution in [2.24, 2.45) is 5.92 Å². The van der Waals surface area contributed by atoms with Crippen molar-refractivity contribution in [1.82, 2.24) is 15.4 Å². The maximum atomic E-state index is 13.5. The summed E-state index contributed by atoms with van der Waals surface area (Å²) in [5.41, 5.74) is 3.31. The summed E-state index contributed by atoms with van der Waals surface area (Å²) in [5, 5.41) is 6.75. The first-order chi connectivity index (χ1) is 21.9. The fourth-order valence-electron chi connectivity index (χ4n) is 5.13. The number of nitrogens with one attached hydrogen (secondary N) is 2. The molecule has 2 N–H and O–H groups in total. The van der Waals surface area contributed by atoms with Crippen molar-refractivity contribution in [1.29, 1.82) is 0 Å². The first-order valence-electron chi connectivity index (χ1n) is 15.4. The molecular weight excluding hydrogens is 607 g/mol. The molecule has 4 aromatic rings. The molecule has 0 unspecified atom stereocenters. The maximum Gasteiger partial charge on any atom is 0.263 e. The largest absolute Gasteiger partial charge is 0.359 e. The molecule has 1 atom stereocenters. The lowest BCUT2D eigenvalue weighted by molar-refractivity contribution is -0.143. The minimum atomic E-state index is -4.00. The molecule has 11 heteroatoms. The average molecular weight is 649 g/mol. The van der Waals surface area contributed by atoms with Crippen LogP contribution >= 0.6 is 0 Å². The molecule has 0 aliphatic heterocycles. The molecule has 3 aromatic carbocycles. The molecule has 0 bridgehead atoms. The highest BCUT2D eigenvalue weighted by Crippen LogP contribution is 2.30. The number of carbonyl (C=O) groups excluding carboxylic acids is 2. The summed E-state index contributed by atoms with van der Waals surface area (Å²) in [7, 11) is -4.00. The van der Waals surface area contributed by atoms with Gasteiger partial charge in [-0.05, 0) is 61.1 Å². The van der Waals surface area contributed by atoms with E-state index in [0.717, 1.165) is 17.5 Å². The Balaban J connectivity index is 1.58. The summed E-state index contributed by atoms with van der Waals surface area (Å²) in [6.07, 6.45) is 1.85. The lowest BCUT2D eigenvalue weighted by Gasteiger charge is -2.34. The zero-order valence-corrected chi connectivity index (χ0v) is 27.7. The van der Waals surface area contributed by atoms with Gasteiger partial charge in [-0.1, -0.05) is 86.9 Å². The Kier molecular flexibility index (Phi) is 11.3. The van der Waals surface area contributed by atoms with E-state index < -0.39 is 16.1 Å². The average Bonchev–Trinajstić information content (AvgIpc) is 3.34. The zero-order valence-electron chi connectivity index (χ0n) is 26.8. The van der Waals surface area contributed by atoms with Gasteiger partial charge in [0, 0.05) is 30.6 Å². The molecule has 9 nitrogen and oxygen atoms in total. The van der Waals surface area contributed by atoms with Crippen molar-refractivity contribution < 1.29 is 26.9 Å². The van der Waals surface area contributed by atoms with Crippen LogP contribution in [0.15, 0.2) is 82.2 Å². The van der Waals surface area contributed by atoms with Gasteiger partial charge < -0.3 is 14.7 Å². The fraction of sp³-hybridized carbons (Fsp3) is 0.343. The first-order valence-corrected chi connectivity index (χ1v) is 16.8. The Morgan fingerprint density at radius 1 is 0.957 bits per heavy atom. The van der Waals surface area contributed by atoms with Crippen LogP contribution in [0, 0.1) is 25.6 Å². The van der Waals surface area contributed by atoms with Crippen LogP contribution in [0.1, 0.15) is 62.5 Å². The number of rotatable bonds is 14. The van der Waals surface area contributed by atoms with Gasteiger partial charge in [0.15, 0.2) is 5.82 Å². The number of aryl methyl sites for hydroxylation is 1. The van der Waals surface area contributed by atoms with Crippen LogP contribution in [-0.2, 0) is 32.7 Å². The predicted octanol–water partition coefficient (Wildman–Crippen LogP) is 6.76. The second-order valence-electron chi connectivity index (χ2n) is 11.7. The molecule has 2 amide bonds. The lowest BCUT2D eigenvalue weighted by atomic mass is 9.98. The van der Waals surface area contributed by atoms with Crippen LogP contribution in [0.3, 0.4) is 0 Å². The number of sulfonamides is 1. The van der Waals surface area contributed by atoms with E-state index in [1.807, 2.05) is 45.0 Å². The van der Waals surface area contributed by atoms with Crippen molar-refractivity contribution in [3.8, 4) is 11.1 Å². The number of benzene rings is 3. The topological polar surface area (TPSA) is 122 Å². The molecule has 244 valence electrons. The number of halogens is 1. The zero-order chi connectivity index (χ0) is 33.4. The van der Waals surface area contributed by atoms with Gasteiger partial charge in [-0.15, -0.1) is 0 Å². The Bertz CT molecular complexity index is 1750. The molecule has 1 heterocycles. The number of aromatic nitrogens is 1. The molecule has 0 aliphatic rings. The Morgan fingerprint density at radius 3 is 2.22 bits per heavy atom.